The van der Waals surface area contributed by atoms with Gasteiger partial charge in [0.2, 0.25) is 0 Å². The van der Waals surface area contributed by atoms with Gasteiger partial charge in [-0.1, -0.05) is 13.8 Å². The zero-order valence-electron chi connectivity index (χ0n) is 9.41. The molecule has 1 rings (SSSR count). The number of nitrogens with two attached hydrogens (primary N) is 1. The van der Waals surface area contributed by atoms with E-state index in [0.717, 1.165) is 5.76 Å². The summed E-state index contributed by atoms with van der Waals surface area (Å²) in [6.07, 6.45) is 0. The smallest absolute Gasteiger partial charge is 0.284 e. The van der Waals surface area contributed by atoms with E-state index in [1.807, 2.05) is 0 Å². The molecule has 0 saturated carbocycles. The van der Waals surface area contributed by atoms with E-state index >= 15 is 0 Å². The number of rotatable bonds is 5. The molecule has 0 spiro atoms. The van der Waals surface area contributed by atoms with Gasteiger partial charge < -0.3 is 15.5 Å². The van der Waals surface area contributed by atoms with Crippen LogP contribution in [0.1, 0.15) is 37.1 Å². The molecule has 1 aromatic heterocycles. The molecule has 1 unspecified atom stereocenters. The molecule has 0 saturated heterocycles. The van der Waals surface area contributed by atoms with Crippen LogP contribution in [0.4, 0.5) is 0 Å². The average molecular weight is 210 g/mol. The van der Waals surface area contributed by atoms with Crippen LogP contribution in [0.5, 0.6) is 0 Å². The fourth-order valence-corrected chi connectivity index (χ4v) is 1.10. The van der Waals surface area contributed by atoms with Crippen molar-refractivity contribution < 1.29 is 9.21 Å². The van der Waals surface area contributed by atoms with Crippen LogP contribution in [0.15, 0.2) is 16.5 Å². The van der Waals surface area contributed by atoms with Gasteiger partial charge in [0.25, 0.3) is 5.91 Å². The number of hydrogen-bond acceptors (Lipinski definition) is 3. The van der Waals surface area contributed by atoms with Crippen LogP contribution >= 0.6 is 0 Å². The molecule has 84 valence electrons. The highest BCUT2D eigenvalue weighted by Gasteiger charge is 2.09. The SMILES string of the molecule is CC(C)C(C)NCc1ccc(C(N)=O)o1. The first-order valence-electron chi connectivity index (χ1n) is 5.12. The summed E-state index contributed by atoms with van der Waals surface area (Å²) >= 11 is 0. The van der Waals surface area contributed by atoms with Gasteiger partial charge in [-0.3, -0.25) is 4.79 Å². The maximum atomic E-state index is 10.8. The predicted octanol–water partition coefficient (Wildman–Crippen LogP) is 1.51. The first-order chi connectivity index (χ1) is 7.00. The van der Waals surface area contributed by atoms with E-state index < -0.39 is 5.91 Å². The predicted molar refractivity (Wildman–Crippen MR) is 58.4 cm³/mol. The number of carbonyl (C=O) groups excluding carboxylic acids is 1. The van der Waals surface area contributed by atoms with Crippen LogP contribution in [0.2, 0.25) is 0 Å². The molecule has 4 nitrogen and oxygen atoms in total. The van der Waals surface area contributed by atoms with Crippen molar-refractivity contribution in [3.63, 3.8) is 0 Å². The number of carbonyl (C=O) groups is 1. The highest BCUT2D eigenvalue weighted by molar-refractivity contribution is 5.89. The Balaban J connectivity index is 2.48. The molecule has 3 N–H and O–H groups in total. The first kappa shape index (κ1) is 11.8. The van der Waals surface area contributed by atoms with Gasteiger partial charge >= 0.3 is 0 Å². The molecule has 4 heteroatoms. The topological polar surface area (TPSA) is 68.3 Å². The average Bonchev–Trinajstić information content (AvgIpc) is 2.62. The number of primary amides is 1. The van der Waals surface area contributed by atoms with Crippen LogP contribution in [0.3, 0.4) is 0 Å². The molecule has 1 aromatic rings. The van der Waals surface area contributed by atoms with Crippen LogP contribution in [0, 0.1) is 5.92 Å². The van der Waals surface area contributed by atoms with Crippen molar-refractivity contribution in [1.29, 1.82) is 0 Å². The Kier molecular flexibility index (Phi) is 3.91. The summed E-state index contributed by atoms with van der Waals surface area (Å²) in [7, 11) is 0. The molecule has 0 aromatic carbocycles. The summed E-state index contributed by atoms with van der Waals surface area (Å²) < 4.78 is 5.24. The number of nitrogens with one attached hydrogen (secondary N) is 1. The highest BCUT2D eigenvalue weighted by atomic mass is 16.3. The lowest BCUT2D eigenvalue weighted by Gasteiger charge is -2.16. The third-order valence-corrected chi connectivity index (χ3v) is 2.50. The van der Waals surface area contributed by atoms with E-state index in [4.69, 9.17) is 10.2 Å². The van der Waals surface area contributed by atoms with E-state index in [1.54, 1.807) is 12.1 Å². The maximum absolute atomic E-state index is 10.8. The third kappa shape index (κ3) is 3.40. The molecular weight excluding hydrogens is 192 g/mol. The highest BCUT2D eigenvalue weighted by Crippen LogP contribution is 2.08. The minimum atomic E-state index is -0.529. The Morgan fingerprint density at radius 2 is 2.13 bits per heavy atom. The largest absolute Gasteiger partial charge is 0.455 e. The second kappa shape index (κ2) is 4.98. The molecule has 0 bridgehead atoms. The number of amides is 1. The van der Waals surface area contributed by atoms with Gasteiger partial charge in [0.1, 0.15) is 5.76 Å². The van der Waals surface area contributed by atoms with Crippen molar-refractivity contribution in [3.05, 3.63) is 23.7 Å². The van der Waals surface area contributed by atoms with Gasteiger partial charge in [0.05, 0.1) is 6.54 Å². The van der Waals surface area contributed by atoms with Crippen molar-refractivity contribution in [2.45, 2.75) is 33.4 Å². The van der Waals surface area contributed by atoms with Gasteiger partial charge in [-0.05, 0) is 25.0 Å². The van der Waals surface area contributed by atoms with Crippen molar-refractivity contribution in [2.24, 2.45) is 11.7 Å². The fraction of sp³-hybridized carbons (Fsp3) is 0.545. The second-order valence-electron chi connectivity index (χ2n) is 4.04. The van der Waals surface area contributed by atoms with Crippen molar-refractivity contribution in [2.75, 3.05) is 0 Å². The van der Waals surface area contributed by atoms with Crippen molar-refractivity contribution in [1.82, 2.24) is 5.32 Å². The first-order valence-corrected chi connectivity index (χ1v) is 5.12. The molecule has 1 heterocycles. The summed E-state index contributed by atoms with van der Waals surface area (Å²) in [6, 6.07) is 3.77. The quantitative estimate of drug-likeness (QED) is 0.774. The zero-order valence-corrected chi connectivity index (χ0v) is 9.41. The molecule has 0 aliphatic heterocycles. The van der Waals surface area contributed by atoms with Crippen LogP contribution in [0.25, 0.3) is 0 Å². The van der Waals surface area contributed by atoms with Gasteiger partial charge in [-0.15, -0.1) is 0 Å². The standard InChI is InChI=1S/C11H18N2O2/c1-7(2)8(3)13-6-9-4-5-10(15-9)11(12)14/h4-5,7-8,13H,6H2,1-3H3,(H2,12,14). The monoisotopic (exact) mass is 210 g/mol. The second-order valence-corrected chi connectivity index (χ2v) is 4.04. The van der Waals surface area contributed by atoms with E-state index in [9.17, 15) is 4.79 Å². The normalized spacial score (nSPS) is 13.1. The van der Waals surface area contributed by atoms with E-state index in [1.165, 1.54) is 0 Å². The molecule has 0 radical (unpaired) electrons. The molecule has 1 atom stereocenters. The maximum Gasteiger partial charge on any atom is 0.284 e. The minimum Gasteiger partial charge on any atom is -0.455 e. The summed E-state index contributed by atoms with van der Waals surface area (Å²) in [4.78, 5) is 10.8. The van der Waals surface area contributed by atoms with Crippen molar-refractivity contribution in [3.8, 4) is 0 Å². The molecular formula is C11H18N2O2. The molecule has 0 aliphatic rings. The molecule has 1 amide bonds. The summed E-state index contributed by atoms with van der Waals surface area (Å²) in [5.74, 6) is 0.981. The number of furan rings is 1. The summed E-state index contributed by atoms with van der Waals surface area (Å²) in [5.41, 5.74) is 5.08. The van der Waals surface area contributed by atoms with Gasteiger partial charge in [0, 0.05) is 6.04 Å². The summed E-state index contributed by atoms with van der Waals surface area (Å²) in [5, 5.41) is 3.30. The number of hydrogen-bond donors (Lipinski definition) is 2. The lowest BCUT2D eigenvalue weighted by Crippen LogP contribution is -2.29. The lowest BCUT2D eigenvalue weighted by molar-refractivity contribution is 0.0972. The van der Waals surface area contributed by atoms with Gasteiger partial charge in [-0.2, -0.15) is 0 Å². The Hall–Kier alpha value is -1.29. The molecule has 0 aliphatic carbocycles. The minimum absolute atomic E-state index is 0.212. The molecule has 0 fully saturated rings. The van der Waals surface area contributed by atoms with E-state index in [0.29, 0.717) is 18.5 Å². The summed E-state index contributed by atoms with van der Waals surface area (Å²) in [6.45, 7) is 7.03. The van der Waals surface area contributed by atoms with Crippen molar-refractivity contribution >= 4 is 5.91 Å². The molecule has 15 heavy (non-hydrogen) atoms. The Bertz CT molecular complexity index is 331. The Morgan fingerprint density at radius 1 is 1.47 bits per heavy atom. The van der Waals surface area contributed by atoms with Gasteiger partial charge in [-0.25, -0.2) is 0 Å². The Morgan fingerprint density at radius 3 is 2.60 bits per heavy atom. The lowest BCUT2D eigenvalue weighted by atomic mass is 10.1. The van der Waals surface area contributed by atoms with Gasteiger partial charge in [0.15, 0.2) is 5.76 Å². The zero-order chi connectivity index (χ0) is 11.4. The van der Waals surface area contributed by atoms with Crippen LogP contribution < -0.4 is 11.1 Å². The van der Waals surface area contributed by atoms with E-state index in [-0.39, 0.29) is 5.76 Å². The van der Waals surface area contributed by atoms with E-state index in [2.05, 4.69) is 26.1 Å². The third-order valence-electron chi connectivity index (χ3n) is 2.50. The fourth-order valence-electron chi connectivity index (χ4n) is 1.10. The van der Waals surface area contributed by atoms with Crippen LogP contribution in [-0.4, -0.2) is 11.9 Å². The van der Waals surface area contributed by atoms with Crippen LogP contribution in [-0.2, 0) is 6.54 Å². The Labute approximate surface area is 89.8 Å².